The van der Waals surface area contributed by atoms with Crippen molar-refractivity contribution in [2.45, 2.75) is 6.04 Å². The van der Waals surface area contributed by atoms with Crippen LogP contribution >= 0.6 is 0 Å². The van der Waals surface area contributed by atoms with Crippen molar-refractivity contribution < 1.29 is 9.53 Å². The van der Waals surface area contributed by atoms with E-state index in [4.69, 9.17) is 10.5 Å². The first kappa shape index (κ1) is 15.6. The van der Waals surface area contributed by atoms with Crippen LogP contribution in [0.1, 0.15) is 10.4 Å². The highest BCUT2D eigenvalue weighted by Gasteiger charge is 2.23. The number of likely N-dealkylation sites (N-methyl/N-ethyl adjacent to an activating group) is 2. The second kappa shape index (κ2) is 6.78. The lowest BCUT2D eigenvalue weighted by Crippen LogP contribution is -2.54. The number of nitrogens with zero attached hydrogens (tertiary/aromatic N) is 2. The molecule has 0 radical (unpaired) electrons. The highest BCUT2D eigenvalue weighted by atomic mass is 16.5. The molecule has 6 heteroatoms. The largest absolute Gasteiger partial charge is 0.495 e. The van der Waals surface area contributed by atoms with Crippen LogP contribution in [0, 0.1) is 0 Å². The Morgan fingerprint density at radius 2 is 2.19 bits per heavy atom. The minimum Gasteiger partial charge on any atom is -0.495 e. The number of rotatable bonds is 4. The summed E-state index contributed by atoms with van der Waals surface area (Å²) in [6.45, 7) is 3.63. The van der Waals surface area contributed by atoms with E-state index >= 15 is 0 Å². The number of carbonyl (C=O) groups excluding carboxylic acids is 1. The molecule has 6 nitrogen and oxygen atoms in total. The third kappa shape index (κ3) is 3.65. The molecular formula is C15H24N4O2. The Morgan fingerprint density at radius 3 is 2.90 bits per heavy atom. The predicted molar refractivity (Wildman–Crippen MR) is 83.7 cm³/mol. The van der Waals surface area contributed by atoms with E-state index in [2.05, 4.69) is 29.2 Å². The Labute approximate surface area is 125 Å². The van der Waals surface area contributed by atoms with Crippen molar-refractivity contribution in [3.05, 3.63) is 23.8 Å². The number of anilines is 1. The summed E-state index contributed by atoms with van der Waals surface area (Å²) >= 11 is 0. The smallest absolute Gasteiger partial charge is 0.253 e. The fourth-order valence-electron chi connectivity index (χ4n) is 2.55. The summed E-state index contributed by atoms with van der Waals surface area (Å²) in [6.07, 6.45) is 0. The fraction of sp³-hybridized carbons (Fsp3) is 0.533. The Balaban J connectivity index is 1.98. The summed E-state index contributed by atoms with van der Waals surface area (Å²) in [5, 5.41) is 2.97. The molecule has 0 aliphatic carbocycles. The van der Waals surface area contributed by atoms with Crippen molar-refractivity contribution in [3.63, 3.8) is 0 Å². The van der Waals surface area contributed by atoms with E-state index in [-0.39, 0.29) is 5.91 Å². The van der Waals surface area contributed by atoms with Gasteiger partial charge in [-0.1, -0.05) is 6.07 Å². The maximum Gasteiger partial charge on any atom is 0.253 e. The molecule has 3 N–H and O–H groups in total. The Hall–Kier alpha value is -1.79. The summed E-state index contributed by atoms with van der Waals surface area (Å²) in [4.78, 5) is 16.8. The molecule has 0 aromatic heterocycles. The van der Waals surface area contributed by atoms with Gasteiger partial charge in [-0.3, -0.25) is 9.69 Å². The number of nitrogens with one attached hydrogen (secondary N) is 1. The van der Waals surface area contributed by atoms with E-state index in [0.29, 0.717) is 29.6 Å². The number of benzene rings is 1. The zero-order chi connectivity index (χ0) is 15.4. The van der Waals surface area contributed by atoms with E-state index < -0.39 is 0 Å². The van der Waals surface area contributed by atoms with Gasteiger partial charge in [-0.05, 0) is 26.2 Å². The molecule has 1 atom stereocenters. The van der Waals surface area contributed by atoms with Gasteiger partial charge >= 0.3 is 0 Å². The van der Waals surface area contributed by atoms with Crippen LogP contribution in [0.4, 0.5) is 5.69 Å². The molecule has 1 aromatic carbocycles. The van der Waals surface area contributed by atoms with Crippen molar-refractivity contribution in [2.75, 3.05) is 53.1 Å². The number of piperazine rings is 1. The second-order valence-corrected chi connectivity index (χ2v) is 5.53. The van der Waals surface area contributed by atoms with Gasteiger partial charge in [0.2, 0.25) is 0 Å². The van der Waals surface area contributed by atoms with E-state index in [1.54, 1.807) is 25.3 Å². The molecule has 1 amide bonds. The van der Waals surface area contributed by atoms with Gasteiger partial charge in [0.25, 0.3) is 5.91 Å². The Kier molecular flexibility index (Phi) is 5.03. The molecule has 0 saturated carbocycles. The van der Waals surface area contributed by atoms with Crippen LogP contribution in [0.25, 0.3) is 0 Å². The maximum atomic E-state index is 12.3. The van der Waals surface area contributed by atoms with Crippen LogP contribution in [0.5, 0.6) is 5.75 Å². The quantitative estimate of drug-likeness (QED) is 0.779. The van der Waals surface area contributed by atoms with Crippen LogP contribution in [0.3, 0.4) is 0 Å². The van der Waals surface area contributed by atoms with Crippen molar-refractivity contribution in [1.82, 2.24) is 15.1 Å². The van der Waals surface area contributed by atoms with Crippen molar-refractivity contribution >= 4 is 11.6 Å². The summed E-state index contributed by atoms with van der Waals surface area (Å²) in [6, 6.07) is 5.55. The Bertz CT molecular complexity index is 506. The lowest BCUT2D eigenvalue weighted by atomic mass is 10.1. The van der Waals surface area contributed by atoms with Crippen LogP contribution in [-0.4, -0.2) is 69.1 Å². The molecule has 116 valence electrons. The zero-order valence-corrected chi connectivity index (χ0v) is 12.9. The molecule has 1 aliphatic rings. The lowest BCUT2D eigenvalue weighted by molar-refractivity contribution is 0.0881. The average Bonchev–Trinajstić information content (AvgIpc) is 2.48. The molecule has 2 rings (SSSR count). The predicted octanol–water partition coefficient (Wildman–Crippen LogP) is 0.253. The third-order valence-electron chi connectivity index (χ3n) is 4.01. The zero-order valence-electron chi connectivity index (χ0n) is 12.9. The van der Waals surface area contributed by atoms with Crippen LogP contribution in [0.2, 0.25) is 0 Å². The minimum absolute atomic E-state index is 0.159. The van der Waals surface area contributed by atoms with Gasteiger partial charge in [-0.2, -0.15) is 0 Å². The van der Waals surface area contributed by atoms with Gasteiger partial charge in [0, 0.05) is 32.2 Å². The van der Waals surface area contributed by atoms with Crippen molar-refractivity contribution in [3.8, 4) is 5.75 Å². The van der Waals surface area contributed by atoms with Crippen molar-refractivity contribution in [1.29, 1.82) is 0 Å². The van der Waals surface area contributed by atoms with E-state index in [0.717, 1.165) is 19.6 Å². The molecule has 21 heavy (non-hydrogen) atoms. The number of nitrogens with two attached hydrogens (primary N) is 1. The molecule has 1 unspecified atom stereocenters. The first-order valence-corrected chi connectivity index (χ1v) is 7.12. The van der Waals surface area contributed by atoms with E-state index in [9.17, 15) is 4.79 Å². The second-order valence-electron chi connectivity index (χ2n) is 5.53. The van der Waals surface area contributed by atoms with Crippen LogP contribution in [0.15, 0.2) is 18.2 Å². The van der Waals surface area contributed by atoms with Gasteiger partial charge in [-0.25, -0.2) is 0 Å². The summed E-state index contributed by atoms with van der Waals surface area (Å²) in [7, 11) is 5.73. The fourth-order valence-corrected chi connectivity index (χ4v) is 2.55. The number of ether oxygens (including phenoxy) is 1. The number of hydrogen-bond donors (Lipinski definition) is 2. The number of carbonyl (C=O) groups is 1. The van der Waals surface area contributed by atoms with Gasteiger partial charge < -0.3 is 20.7 Å². The molecular weight excluding hydrogens is 268 g/mol. The highest BCUT2D eigenvalue weighted by molar-refractivity contribution is 6.00. The van der Waals surface area contributed by atoms with Gasteiger partial charge in [0.15, 0.2) is 0 Å². The summed E-state index contributed by atoms with van der Waals surface area (Å²) < 4.78 is 5.14. The topological polar surface area (TPSA) is 70.8 Å². The monoisotopic (exact) mass is 292 g/mol. The van der Waals surface area contributed by atoms with Gasteiger partial charge in [-0.15, -0.1) is 0 Å². The highest BCUT2D eigenvalue weighted by Crippen LogP contribution is 2.24. The van der Waals surface area contributed by atoms with E-state index in [1.165, 1.54) is 0 Å². The standard InChI is InChI=1S/C15H24N4O2/c1-18-7-8-19(2)11(10-18)9-17-15(20)12-5-4-6-13(21-3)14(12)16/h4-6,11H,7-10,16H2,1-3H3,(H,17,20). The van der Waals surface area contributed by atoms with Gasteiger partial charge in [0.1, 0.15) is 5.75 Å². The summed E-state index contributed by atoms with van der Waals surface area (Å²) in [5.41, 5.74) is 6.79. The molecule has 1 aliphatic heterocycles. The minimum atomic E-state index is -0.159. The number of para-hydroxylation sites is 1. The SMILES string of the molecule is COc1cccc(C(=O)NCC2CN(C)CCN2C)c1N. The van der Waals surface area contributed by atoms with Crippen LogP contribution < -0.4 is 15.8 Å². The number of amides is 1. The van der Waals surface area contributed by atoms with Crippen molar-refractivity contribution in [2.24, 2.45) is 0 Å². The average molecular weight is 292 g/mol. The molecule has 1 fully saturated rings. The first-order chi connectivity index (χ1) is 10.0. The molecule has 0 bridgehead atoms. The van der Waals surface area contributed by atoms with Crippen LogP contribution in [-0.2, 0) is 0 Å². The number of methoxy groups -OCH3 is 1. The number of nitrogen functional groups attached to an aromatic ring is 1. The normalized spacial score (nSPS) is 20.2. The first-order valence-electron chi connectivity index (χ1n) is 7.12. The third-order valence-corrected chi connectivity index (χ3v) is 4.01. The summed E-state index contributed by atoms with van der Waals surface area (Å²) in [5.74, 6) is 0.366. The maximum absolute atomic E-state index is 12.3. The van der Waals surface area contributed by atoms with E-state index in [1.807, 2.05) is 0 Å². The Morgan fingerprint density at radius 1 is 1.43 bits per heavy atom. The molecule has 1 aromatic rings. The molecule has 1 heterocycles. The number of hydrogen-bond acceptors (Lipinski definition) is 5. The molecule has 0 spiro atoms. The van der Waals surface area contributed by atoms with Gasteiger partial charge in [0.05, 0.1) is 18.4 Å². The molecule has 1 saturated heterocycles. The lowest BCUT2D eigenvalue weighted by Gasteiger charge is -2.37.